The first-order chi connectivity index (χ1) is 8.49. The quantitative estimate of drug-likeness (QED) is 0.863. The lowest BCUT2D eigenvalue weighted by Gasteiger charge is -2.08. The second-order valence-electron chi connectivity index (χ2n) is 4.07. The van der Waals surface area contributed by atoms with Crippen LogP contribution in [0.4, 0.5) is 0 Å². The van der Waals surface area contributed by atoms with Gasteiger partial charge in [-0.05, 0) is 25.1 Å². The summed E-state index contributed by atoms with van der Waals surface area (Å²) >= 11 is 0. The summed E-state index contributed by atoms with van der Waals surface area (Å²) in [6, 6.07) is 4.74. The molecule has 0 radical (unpaired) electrons. The molecular formula is C12H13N3O3. The van der Waals surface area contributed by atoms with Gasteiger partial charge in [-0.15, -0.1) is 0 Å². The maximum atomic E-state index is 12.0. The Balaban J connectivity index is 2.47. The Hall–Kier alpha value is -2.37. The number of pyridine rings is 1. The van der Waals surface area contributed by atoms with Crippen LogP contribution in [0.1, 0.15) is 21.7 Å². The van der Waals surface area contributed by atoms with Gasteiger partial charge in [0.25, 0.3) is 5.56 Å². The first kappa shape index (κ1) is 12.1. The van der Waals surface area contributed by atoms with Crippen LogP contribution in [0.15, 0.2) is 29.2 Å². The van der Waals surface area contributed by atoms with Gasteiger partial charge in [0, 0.05) is 18.9 Å². The molecule has 0 saturated carbocycles. The zero-order valence-electron chi connectivity index (χ0n) is 10.1. The summed E-state index contributed by atoms with van der Waals surface area (Å²) < 4.78 is 3.04. The number of aromatic carboxylic acids is 1. The van der Waals surface area contributed by atoms with Crippen LogP contribution in [-0.4, -0.2) is 25.4 Å². The van der Waals surface area contributed by atoms with Gasteiger partial charge >= 0.3 is 5.97 Å². The maximum Gasteiger partial charge on any atom is 0.341 e. The van der Waals surface area contributed by atoms with Gasteiger partial charge in [0.2, 0.25) is 0 Å². The predicted molar refractivity (Wildman–Crippen MR) is 64.7 cm³/mol. The van der Waals surface area contributed by atoms with Crippen molar-refractivity contribution >= 4 is 5.97 Å². The third-order valence-electron chi connectivity index (χ3n) is 2.71. The molecule has 0 unspecified atom stereocenters. The van der Waals surface area contributed by atoms with E-state index in [1.165, 1.54) is 10.6 Å². The summed E-state index contributed by atoms with van der Waals surface area (Å²) in [5.41, 5.74) is 0.686. The summed E-state index contributed by atoms with van der Waals surface area (Å²) in [5.74, 6) is -1.21. The lowest BCUT2D eigenvalue weighted by molar-refractivity contribution is 0.0694. The Labute approximate surface area is 103 Å². The number of carbonyl (C=O) groups is 1. The minimum absolute atomic E-state index is 0.225. The van der Waals surface area contributed by atoms with Gasteiger partial charge in [-0.3, -0.25) is 9.48 Å². The topological polar surface area (TPSA) is 77.1 Å². The molecule has 94 valence electrons. The molecule has 6 heteroatoms. The SMILES string of the molecule is Cc1ccc(C(=O)O)c(=O)n1Cc1ccn(C)n1. The lowest BCUT2D eigenvalue weighted by Crippen LogP contribution is -2.28. The van der Waals surface area contributed by atoms with Gasteiger partial charge in [0.15, 0.2) is 0 Å². The highest BCUT2D eigenvalue weighted by Gasteiger charge is 2.13. The molecule has 2 aromatic heterocycles. The zero-order valence-corrected chi connectivity index (χ0v) is 10.1. The second kappa shape index (κ2) is 4.48. The number of hydrogen-bond donors (Lipinski definition) is 1. The van der Waals surface area contributed by atoms with E-state index in [0.29, 0.717) is 11.4 Å². The van der Waals surface area contributed by atoms with Gasteiger partial charge in [0.1, 0.15) is 5.56 Å². The van der Waals surface area contributed by atoms with Crippen molar-refractivity contribution < 1.29 is 9.90 Å². The minimum Gasteiger partial charge on any atom is -0.477 e. The van der Waals surface area contributed by atoms with Gasteiger partial charge < -0.3 is 9.67 Å². The third-order valence-corrected chi connectivity index (χ3v) is 2.71. The van der Waals surface area contributed by atoms with Crippen molar-refractivity contribution in [3.8, 4) is 0 Å². The van der Waals surface area contributed by atoms with E-state index >= 15 is 0 Å². The van der Waals surface area contributed by atoms with Gasteiger partial charge in [-0.2, -0.15) is 5.10 Å². The van der Waals surface area contributed by atoms with Crippen molar-refractivity contribution in [2.24, 2.45) is 7.05 Å². The minimum atomic E-state index is -1.21. The third kappa shape index (κ3) is 2.17. The number of aryl methyl sites for hydroxylation is 2. The summed E-state index contributed by atoms with van der Waals surface area (Å²) in [4.78, 5) is 22.9. The largest absolute Gasteiger partial charge is 0.477 e. The molecule has 0 aliphatic heterocycles. The molecule has 0 saturated heterocycles. The Morgan fingerprint density at radius 3 is 2.67 bits per heavy atom. The summed E-state index contributed by atoms with van der Waals surface area (Å²) in [7, 11) is 1.78. The number of carboxylic acid groups (broad SMARTS) is 1. The van der Waals surface area contributed by atoms with Crippen LogP contribution in [-0.2, 0) is 13.6 Å². The van der Waals surface area contributed by atoms with E-state index in [0.717, 1.165) is 0 Å². The summed E-state index contributed by atoms with van der Waals surface area (Å²) in [5, 5.41) is 13.1. The highest BCUT2D eigenvalue weighted by Crippen LogP contribution is 2.03. The van der Waals surface area contributed by atoms with Crippen molar-refractivity contribution in [2.45, 2.75) is 13.5 Å². The van der Waals surface area contributed by atoms with Crippen LogP contribution in [0.5, 0.6) is 0 Å². The standard InChI is InChI=1S/C12H13N3O3/c1-8-3-4-10(12(17)18)11(16)15(8)7-9-5-6-14(2)13-9/h3-6H,7H2,1-2H3,(H,17,18). The van der Waals surface area contributed by atoms with Crippen molar-refractivity contribution in [1.29, 1.82) is 0 Å². The van der Waals surface area contributed by atoms with Crippen LogP contribution >= 0.6 is 0 Å². The van der Waals surface area contributed by atoms with Crippen LogP contribution < -0.4 is 5.56 Å². The highest BCUT2D eigenvalue weighted by molar-refractivity contribution is 5.87. The van der Waals surface area contributed by atoms with Crippen molar-refractivity contribution in [3.05, 3.63) is 51.7 Å². The number of nitrogens with zero attached hydrogens (tertiary/aromatic N) is 3. The molecule has 0 atom stereocenters. The molecular weight excluding hydrogens is 234 g/mol. The first-order valence-corrected chi connectivity index (χ1v) is 5.41. The fourth-order valence-electron chi connectivity index (χ4n) is 1.74. The average Bonchev–Trinajstić information content (AvgIpc) is 2.69. The molecule has 0 aliphatic rings. The van der Waals surface area contributed by atoms with E-state index in [1.807, 2.05) is 0 Å². The van der Waals surface area contributed by atoms with Gasteiger partial charge in [0.05, 0.1) is 12.2 Å². The number of carboxylic acids is 1. The van der Waals surface area contributed by atoms with Gasteiger partial charge in [-0.1, -0.05) is 0 Å². The van der Waals surface area contributed by atoms with Crippen molar-refractivity contribution in [1.82, 2.24) is 14.3 Å². The van der Waals surface area contributed by atoms with Crippen LogP contribution in [0.3, 0.4) is 0 Å². The summed E-state index contributed by atoms with van der Waals surface area (Å²) in [6.45, 7) is 2.03. The molecule has 0 bridgehead atoms. The maximum absolute atomic E-state index is 12.0. The monoisotopic (exact) mass is 247 g/mol. The van der Waals surface area contributed by atoms with Crippen molar-refractivity contribution in [3.63, 3.8) is 0 Å². The Morgan fingerprint density at radius 2 is 2.11 bits per heavy atom. The Morgan fingerprint density at radius 1 is 1.39 bits per heavy atom. The molecule has 0 aromatic carbocycles. The summed E-state index contributed by atoms with van der Waals surface area (Å²) in [6.07, 6.45) is 1.77. The zero-order chi connectivity index (χ0) is 13.3. The fraction of sp³-hybridized carbons (Fsp3) is 0.250. The molecule has 0 fully saturated rings. The normalized spacial score (nSPS) is 10.6. The first-order valence-electron chi connectivity index (χ1n) is 5.41. The van der Waals surface area contributed by atoms with Gasteiger partial charge in [-0.25, -0.2) is 4.79 Å². The lowest BCUT2D eigenvalue weighted by atomic mass is 10.2. The van der Waals surface area contributed by atoms with Crippen LogP contribution in [0, 0.1) is 6.92 Å². The van der Waals surface area contributed by atoms with E-state index in [4.69, 9.17) is 5.11 Å². The smallest absolute Gasteiger partial charge is 0.341 e. The Bertz CT molecular complexity index is 655. The fourth-order valence-corrected chi connectivity index (χ4v) is 1.74. The molecule has 2 heterocycles. The van der Waals surface area contributed by atoms with Crippen LogP contribution in [0.25, 0.3) is 0 Å². The molecule has 6 nitrogen and oxygen atoms in total. The van der Waals surface area contributed by atoms with Crippen molar-refractivity contribution in [2.75, 3.05) is 0 Å². The number of rotatable bonds is 3. The number of aromatic nitrogens is 3. The van der Waals surface area contributed by atoms with E-state index in [1.54, 1.807) is 37.0 Å². The highest BCUT2D eigenvalue weighted by atomic mass is 16.4. The molecule has 1 N–H and O–H groups in total. The molecule has 0 amide bonds. The van der Waals surface area contributed by atoms with E-state index < -0.39 is 11.5 Å². The molecule has 0 spiro atoms. The van der Waals surface area contributed by atoms with E-state index in [9.17, 15) is 9.59 Å². The molecule has 2 rings (SSSR count). The molecule has 2 aromatic rings. The average molecular weight is 247 g/mol. The predicted octanol–water partition coefficient (Wildman–Crippen LogP) is 0.637. The van der Waals surface area contributed by atoms with E-state index in [2.05, 4.69) is 5.10 Å². The Kier molecular flexibility index (Phi) is 3.01. The number of hydrogen-bond acceptors (Lipinski definition) is 3. The molecule has 0 aliphatic carbocycles. The van der Waals surface area contributed by atoms with Crippen LogP contribution in [0.2, 0.25) is 0 Å². The second-order valence-corrected chi connectivity index (χ2v) is 4.07. The molecule has 18 heavy (non-hydrogen) atoms. The van der Waals surface area contributed by atoms with E-state index in [-0.39, 0.29) is 12.1 Å².